The van der Waals surface area contributed by atoms with Gasteiger partial charge in [-0.15, -0.1) is 0 Å². The molecule has 0 aliphatic heterocycles. The molecule has 0 unspecified atom stereocenters. The minimum atomic E-state index is 0.0274. The van der Waals surface area contributed by atoms with E-state index in [0.29, 0.717) is 32.8 Å². The molecule has 4 nitrogen and oxygen atoms in total. The van der Waals surface area contributed by atoms with Gasteiger partial charge in [-0.1, -0.05) is 24.3 Å². The van der Waals surface area contributed by atoms with Crippen molar-refractivity contribution in [3.63, 3.8) is 0 Å². The van der Waals surface area contributed by atoms with Crippen LogP contribution in [0.2, 0.25) is 0 Å². The Morgan fingerprint density at radius 2 is 2.00 bits per heavy atom. The van der Waals surface area contributed by atoms with Gasteiger partial charge in [0, 0.05) is 13.7 Å². The Morgan fingerprint density at radius 3 is 2.72 bits per heavy atom. The molecule has 1 rings (SSSR count). The number of carbonyl (C=O) groups is 1. The molecule has 0 spiro atoms. The average Bonchev–Trinajstić information content (AvgIpc) is 2.36. The first-order valence-corrected chi connectivity index (χ1v) is 6.12. The van der Waals surface area contributed by atoms with Gasteiger partial charge in [0.25, 0.3) is 0 Å². The zero-order chi connectivity index (χ0) is 13.2. The molecule has 1 N–H and O–H groups in total. The molecule has 0 saturated carbocycles. The highest BCUT2D eigenvalue weighted by Gasteiger charge is 2.04. The van der Waals surface area contributed by atoms with Gasteiger partial charge in [0.05, 0.1) is 26.2 Å². The van der Waals surface area contributed by atoms with E-state index in [1.165, 1.54) is 0 Å². The molecule has 0 aliphatic carbocycles. The van der Waals surface area contributed by atoms with Gasteiger partial charge in [-0.05, 0) is 18.1 Å². The summed E-state index contributed by atoms with van der Waals surface area (Å²) >= 11 is 0. The second kappa shape index (κ2) is 8.66. The molecule has 4 heteroatoms. The lowest BCUT2D eigenvalue weighted by Gasteiger charge is -2.07. The fraction of sp³-hybridized carbons (Fsp3) is 0.500. The van der Waals surface area contributed by atoms with E-state index in [4.69, 9.17) is 9.47 Å². The van der Waals surface area contributed by atoms with Gasteiger partial charge in [0.15, 0.2) is 0 Å². The molecule has 0 aliphatic rings. The summed E-state index contributed by atoms with van der Waals surface area (Å²) in [5, 5.41) is 2.83. The Bertz CT molecular complexity index is 366. The van der Waals surface area contributed by atoms with Gasteiger partial charge in [-0.3, -0.25) is 4.79 Å². The van der Waals surface area contributed by atoms with E-state index >= 15 is 0 Å². The molecule has 0 fully saturated rings. The third-order valence-electron chi connectivity index (χ3n) is 2.61. The maximum absolute atomic E-state index is 11.7. The lowest BCUT2D eigenvalue weighted by atomic mass is 10.1. The molecule has 0 saturated heterocycles. The molecule has 1 amide bonds. The lowest BCUT2D eigenvalue weighted by molar-refractivity contribution is -0.120. The molecule has 18 heavy (non-hydrogen) atoms. The molecule has 0 aromatic heterocycles. The Hall–Kier alpha value is -1.39. The Kier molecular flexibility index (Phi) is 7.06. The van der Waals surface area contributed by atoms with E-state index in [2.05, 4.69) is 5.32 Å². The average molecular weight is 251 g/mol. The highest BCUT2D eigenvalue weighted by molar-refractivity contribution is 5.78. The zero-order valence-corrected chi connectivity index (χ0v) is 11.1. The quantitative estimate of drug-likeness (QED) is 0.709. The van der Waals surface area contributed by atoms with Gasteiger partial charge in [0.1, 0.15) is 0 Å². The second-order valence-corrected chi connectivity index (χ2v) is 4.06. The van der Waals surface area contributed by atoms with Crippen molar-refractivity contribution >= 4 is 5.91 Å². The highest BCUT2D eigenvalue weighted by atomic mass is 16.5. The summed E-state index contributed by atoms with van der Waals surface area (Å²) in [6.45, 7) is 4.20. The second-order valence-electron chi connectivity index (χ2n) is 4.06. The monoisotopic (exact) mass is 251 g/mol. The molecule has 1 aromatic rings. The van der Waals surface area contributed by atoms with E-state index in [9.17, 15) is 4.79 Å². The van der Waals surface area contributed by atoms with E-state index in [1.54, 1.807) is 7.11 Å². The van der Waals surface area contributed by atoms with Gasteiger partial charge in [0.2, 0.25) is 5.91 Å². The van der Waals surface area contributed by atoms with Crippen molar-refractivity contribution in [2.24, 2.45) is 0 Å². The predicted molar refractivity (Wildman–Crippen MR) is 70.6 cm³/mol. The van der Waals surface area contributed by atoms with Gasteiger partial charge >= 0.3 is 0 Å². The van der Waals surface area contributed by atoms with Crippen molar-refractivity contribution in [2.45, 2.75) is 13.3 Å². The van der Waals surface area contributed by atoms with Crippen molar-refractivity contribution in [3.8, 4) is 0 Å². The van der Waals surface area contributed by atoms with Crippen LogP contribution in [0, 0.1) is 6.92 Å². The van der Waals surface area contributed by atoms with Crippen LogP contribution in [0.3, 0.4) is 0 Å². The van der Waals surface area contributed by atoms with E-state index < -0.39 is 0 Å². The topological polar surface area (TPSA) is 47.6 Å². The summed E-state index contributed by atoms with van der Waals surface area (Å²) in [4.78, 5) is 11.7. The number of rotatable bonds is 8. The maximum atomic E-state index is 11.7. The largest absolute Gasteiger partial charge is 0.382 e. The zero-order valence-electron chi connectivity index (χ0n) is 11.1. The summed E-state index contributed by atoms with van der Waals surface area (Å²) in [6, 6.07) is 7.91. The number of amides is 1. The molecular formula is C14H21NO3. The van der Waals surface area contributed by atoms with E-state index in [1.807, 2.05) is 31.2 Å². The standard InChI is InChI=1S/C14H21NO3/c1-12-5-3-4-6-13(12)11-14(16)15-7-8-18-10-9-17-2/h3-6H,7-11H2,1-2H3,(H,15,16). The number of hydrogen-bond donors (Lipinski definition) is 1. The van der Waals surface area contributed by atoms with Crippen molar-refractivity contribution < 1.29 is 14.3 Å². The predicted octanol–water partition coefficient (Wildman–Crippen LogP) is 1.32. The maximum Gasteiger partial charge on any atom is 0.224 e. The van der Waals surface area contributed by atoms with Crippen LogP contribution in [-0.2, 0) is 20.7 Å². The van der Waals surface area contributed by atoms with Crippen molar-refractivity contribution in [1.82, 2.24) is 5.32 Å². The van der Waals surface area contributed by atoms with E-state index in [-0.39, 0.29) is 5.91 Å². The number of benzene rings is 1. The first-order valence-electron chi connectivity index (χ1n) is 6.12. The number of methoxy groups -OCH3 is 1. The third kappa shape index (κ3) is 5.80. The minimum absolute atomic E-state index is 0.0274. The molecule has 0 bridgehead atoms. The fourth-order valence-corrected chi connectivity index (χ4v) is 1.55. The summed E-state index contributed by atoms with van der Waals surface area (Å²) < 4.78 is 10.1. The van der Waals surface area contributed by atoms with Crippen molar-refractivity contribution in [3.05, 3.63) is 35.4 Å². The summed E-state index contributed by atoms with van der Waals surface area (Å²) in [6.07, 6.45) is 0.421. The number of nitrogens with one attached hydrogen (secondary N) is 1. The van der Waals surface area contributed by atoms with Crippen LogP contribution in [0.1, 0.15) is 11.1 Å². The van der Waals surface area contributed by atoms with Crippen LogP contribution in [-0.4, -0.2) is 39.4 Å². The lowest BCUT2D eigenvalue weighted by Crippen LogP contribution is -2.29. The van der Waals surface area contributed by atoms with Gasteiger partial charge < -0.3 is 14.8 Å². The van der Waals surface area contributed by atoms with Crippen LogP contribution in [0.5, 0.6) is 0 Å². The molecule has 0 heterocycles. The minimum Gasteiger partial charge on any atom is -0.382 e. The number of ether oxygens (including phenoxy) is 2. The summed E-state index contributed by atoms with van der Waals surface area (Å²) in [5.41, 5.74) is 2.21. The van der Waals surface area contributed by atoms with Crippen LogP contribution < -0.4 is 5.32 Å². The highest BCUT2D eigenvalue weighted by Crippen LogP contribution is 2.07. The molecule has 100 valence electrons. The van der Waals surface area contributed by atoms with Crippen LogP contribution >= 0.6 is 0 Å². The smallest absolute Gasteiger partial charge is 0.224 e. The van der Waals surface area contributed by atoms with Crippen LogP contribution in [0.15, 0.2) is 24.3 Å². The Morgan fingerprint density at radius 1 is 1.22 bits per heavy atom. The van der Waals surface area contributed by atoms with Gasteiger partial charge in [-0.2, -0.15) is 0 Å². The number of carbonyl (C=O) groups excluding carboxylic acids is 1. The third-order valence-corrected chi connectivity index (χ3v) is 2.61. The van der Waals surface area contributed by atoms with E-state index in [0.717, 1.165) is 11.1 Å². The summed E-state index contributed by atoms with van der Waals surface area (Å²) in [5.74, 6) is 0.0274. The normalized spacial score (nSPS) is 10.3. The van der Waals surface area contributed by atoms with Crippen LogP contribution in [0.25, 0.3) is 0 Å². The molecule has 1 aromatic carbocycles. The Labute approximate surface area is 108 Å². The fourth-order valence-electron chi connectivity index (χ4n) is 1.55. The van der Waals surface area contributed by atoms with Crippen molar-refractivity contribution in [2.75, 3.05) is 33.5 Å². The first-order chi connectivity index (χ1) is 8.74. The first kappa shape index (κ1) is 14.7. The number of hydrogen-bond acceptors (Lipinski definition) is 3. The molecular weight excluding hydrogens is 230 g/mol. The summed E-state index contributed by atoms with van der Waals surface area (Å²) in [7, 11) is 1.63. The number of aryl methyl sites for hydroxylation is 1. The van der Waals surface area contributed by atoms with Crippen molar-refractivity contribution in [1.29, 1.82) is 0 Å². The van der Waals surface area contributed by atoms with Gasteiger partial charge in [-0.25, -0.2) is 0 Å². The Balaban J connectivity index is 2.16. The molecule has 0 radical (unpaired) electrons. The van der Waals surface area contributed by atoms with Crippen LogP contribution in [0.4, 0.5) is 0 Å². The molecule has 0 atom stereocenters. The SMILES string of the molecule is COCCOCCNC(=O)Cc1ccccc1C.